The maximum Gasteiger partial charge on any atom is 0.326 e. The number of rotatable bonds is 13. The Hall–Kier alpha value is -4.01. The van der Waals surface area contributed by atoms with E-state index < -0.39 is 42.1 Å². The third kappa shape index (κ3) is 9.23. The summed E-state index contributed by atoms with van der Waals surface area (Å²) in [6.07, 6.45) is -0.558. The van der Waals surface area contributed by atoms with Gasteiger partial charge in [-0.3, -0.25) is 24.1 Å². The Morgan fingerprint density at radius 1 is 0.765 bits per heavy atom. The lowest BCUT2D eigenvalue weighted by atomic mass is 10.1. The summed E-state index contributed by atoms with van der Waals surface area (Å²) >= 11 is 0. The van der Waals surface area contributed by atoms with Gasteiger partial charge >= 0.3 is 11.9 Å². The summed E-state index contributed by atoms with van der Waals surface area (Å²) < 4.78 is 0. The van der Waals surface area contributed by atoms with Crippen molar-refractivity contribution >= 4 is 29.7 Å². The highest BCUT2D eigenvalue weighted by Gasteiger charge is 2.23. The van der Waals surface area contributed by atoms with Crippen LogP contribution >= 0.6 is 0 Å². The number of amides is 3. The number of carbonyl (C=O) groups excluding carboxylic acids is 3. The Morgan fingerprint density at radius 3 is 1.71 bits per heavy atom. The molecular formula is C25H28N2O7. The van der Waals surface area contributed by atoms with Crippen molar-refractivity contribution in [2.75, 3.05) is 6.54 Å². The van der Waals surface area contributed by atoms with Gasteiger partial charge in [0, 0.05) is 19.4 Å². The Balaban J connectivity index is 1.99. The molecule has 9 heteroatoms. The average molecular weight is 469 g/mol. The molecule has 0 aliphatic rings. The van der Waals surface area contributed by atoms with Crippen molar-refractivity contribution in [2.45, 2.75) is 44.6 Å². The topological polar surface area (TPSA) is 141 Å². The maximum absolute atomic E-state index is 12.9. The van der Waals surface area contributed by atoms with Crippen molar-refractivity contribution in [2.24, 2.45) is 0 Å². The van der Waals surface area contributed by atoms with Gasteiger partial charge in [-0.25, -0.2) is 4.79 Å². The molecule has 0 saturated carbocycles. The van der Waals surface area contributed by atoms with Gasteiger partial charge in [0.05, 0.1) is 12.8 Å². The van der Waals surface area contributed by atoms with Crippen molar-refractivity contribution in [1.82, 2.24) is 10.2 Å². The molecular weight excluding hydrogens is 440 g/mol. The van der Waals surface area contributed by atoms with Crippen LogP contribution in [0.3, 0.4) is 0 Å². The fraction of sp³-hybridized carbons (Fsp3) is 0.320. The number of nitrogens with one attached hydrogen (secondary N) is 1. The van der Waals surface area contributed by atoms with E-state index in [2.05, 4.69) is 5.32 Å². The summed E-state index contributed by atoms with van der Waals surface area (Å²) in [6.45, 7) is -0.00236. The zero-order chi connectivity index (χ0) is 24.9. The summed E-state index contributed by atoms with van der Waals surface area (Å²) in [7, 11) is 0. The van der Waals surface area contributed by atoms with Gasteiger partial charge in [0.25, 0.3) is 0 Å². The number of benzene rings is 2. The highest BCUT2D eigenvalue weighted by molar-refractivity contribution is 5.97. The van der Waals surface area contributed by atoms with E-state index in [-0.39, 0.29) is 38.6 Å². The molecule has 9 nitrogen and oxygen atoms in total. The van der Waals surface area contributed by atoms with Crippen LogP contribution in [0.1, 0.15) is 36.8 Å². The minimum Gasteiger partial charge on any atom is -0.481 e. The summed E-state index contributed by atoms with van der Waals surface area (Å²) in [6, 6.07) is 16.7. The number of nitrogens with zero attached hydrogens (tertiary/aromatic N) is 1. The molecule has 2 rings (SSSR count). The fourth-order valence-electron chi connectivity index (χ4n) is 3.31. The van der Waals surface area contributed by atoms with E-state index in [4.69, 9.17) is 10.2 Å². The summed E-state index contributed by atoms with van der Waals surface area (Å²) in [5.74, 6) is -3.86. The lowest BCUT2D eigenvalue weighted by molar-refractivity contribution is -0.144. The predicted molar refractivity (Wildman–Crippen MR) is 123 cm³/mol. The van der Waals surface area contributed by atoms with Gasteiger partial charge in [0.2, 0.25) is 17.7 Å². The first kappa shape index (κ1) is 26.2. The number of carboxylic acids is 2. The number of hydrogen-bond donors (Lipinski definition) is 3. The molecule has 0 radical (unpaired) electrons. The largest absolute Gasteiger partial charge is 0.481 e. The van der Waals surface area contributed by atoms with E-state index in [0.29, 0.717) is 0 Å². The smallest absolute Gasteiger partial charge is 0.326 e. The number of imide groups is 1. The molecule has 0 aromatic heterocycles. The SMILES string of the molecule is O=C(O)CCC(NC(=O)CCCN(C(=O)Cc1ccccc1)C(=O)Cc1ccccc1)C(=O)O. The molecule has 0 bridgehead atoms. The van der Waals surface area contributed by atoms with Gasteiger partial charge in [-0.2, -0.15) is 0 Å². The summed E-state index contributed by atoms with van der Waals surface area (Å²) in [5, 5.41) is 20.2. The molecule has 0 heterocycles. The third-order valence-electron chi connectivity index (χ3n) is 5.06. The zero-order valence-corrected chi connectivity index (χ0v) is 18.7. The van der Waals surface area contributed by atoms with Crippen LogP contribution in [0.4, 0.5) is 0 Å². The summed E-state index contributed by atoms with van der Waals surface area (Å²) in [4.78, 5) is 61.1. The standard InChI is InChI=1S/C25H28N2O7/c28-21(26-20(25(33)34)13-14-24(31)32)12-7-15-27(22(29)16-18-8-3-1-4-9-18)23(30)17-19-10-5-2-6-11-19/h1-6,8-11,20H,7,12-17H2,(H,26,28)(H,31,32)(H,33,34). The fourth-order valence-corrected chi connectivity index (χ4v) is 3.31. The molecule has 1 atom stereocenters. The van der Waals surface area contributed by atoms with E-state index in [1.54, 1.807) is 48.5 Å². The first-order valence-corrected chi connectivity index (χ1v) is 10.9. The van der Waals surface area contributed by atoms with Crippen molar-refractivity contribution in [3.05, 3.63) is 71.8 Å². The Bertz CT molecular complexity index is 939. The molecule has 2 aromatic carbocycles. The normalized spacial score (nSPS) is 11.3. The van der Waals surface area contributed by atoms with Gasteiger partial charge in [-0.1, -0.05) is 60.7 Å². The van der Waals surface area contributed by atoms with Crippen LogP contribution in [0, 0.1) is 0 Å². The number of aliphatic carboxylic acids is 2. The number of carbonyl (C=O) groups is 5. The average Bonchev–Trinajstić information content (AvgIpc) is 2.80. The highest BCUT2D eigenvalue weighted by Crippen LogP contribution is 2.09. The van der Waals surface area contributed by atoms with Crippen molar-refractivity contribution in [1.29, 1.82) is 0 Å². The molecule has 1 unspecified atom stereocenters. The molecule has 0 saturated heterocycles. The van der Waals surface area contributed by atoms with Crippen LogP contribution in [-0.4, -0.2) is 57.4 Å². The Labute approximate surface area is 197 Å². The van der Waals surface area contributed by atoms with Gasteiger partial charge in [0.15, 0.2) is 0 Å². The van der Waals surface area contributed by atoms with E-state index in [9.17, 15) is 24.0 Å². The Kier molecular flexibility index (Phi) is 10.4. The maximum atomic E-state index is 12.9. The minimum atomic E-state index is -1.33. The lowest BCUT2D eigenvalue weighted by Gasteiger charge is -2.21. The molecule has 0 aliphatic heterocycles. The number of carboxylic acid groups (broad SMARTS) is 2. The molecule has 3 amide bonds. The van der Waals surface area contributed by atoms with Crippen LogP contribution in [0.25, 0.3) is 0 Å². The molecule has 34 heavy (non-hydrogen) atoms. The molecule has 3 N–H and O–H groups in total. The van der Waals surface area contributed by atoms with Crippen LogP contribution in [-0.2, 0) is 36.8 Å². The molecule has 0 fully saturated rings. The van der Waals surface area contributed by atoms with Gasteiger partial charge < -0.3 is 15.5 Å². The van der Waals surface area contributed by atoms with Gasteiger partial charge in [-0.15, -0.1) is 0 Å². The van der Waals surface area contributed by atoms with E-state index in [1.165, 1.54) is 0 Å². The quantitative estimate of drug-likeness (QED) is 0.408. The second kappa shape index (κ2) is 13.5. The number of hydrogen-bond acceptors (Lipinski definition) is 5. The van der Waals surface area contributed by atoms with E-state index in [0.717, 1.165) is 16.0 Å². The van der Waals surface area contributed by atoms with Crippen LogP contribution in [0.2, 0.25) is 0 Å². The van der Waals surface area contributed by atoms with Crippen molar-refractivity contribution in [3.63, 3.8) is 0 Å². The second-order valence-corrected chi connectivity index (χ2v) is 7.76. The first-order chi connectivity index (χ1) is 16.3. The molecule has 0 aliphatic carbocycles. The predicted octanol–water partition coefficient (Wildman–Crippen LogP) is 2.04. The van der Waals surface area contributed by atoms with Crippen LogP contribution < -0.4 is 5.32 Å². The van der Waals surface area contributed by atoms with Gasteiger partial charge in [-0.05, 0) is 24.0 Å². The van der Waals surface area contributed by atoms with Crippen molar-refractivity contribution < 1.29 is 34.2 Å². The van der Waals surface area contributed by atoms with Crippen molar-refractivity contribution in [3.8, 4) is 0 Å². The van der Waals surface area contributed by atoms with Crippen LogP contribution in [0.5, 0.6) is 0 Å². The lowest BCUT2D eigenvalue weighted by Crippen LogP contribution is -2.42. The van der Waals surface area contributed by atoms with E-state index in [1.807, 2.05) is 12.1 Å². The summed E-state index contributed by atoms with van der Waals surface area (Å²) in [5.41, 5.74) is 1.51. The molecule has 2 aromatic rings. The second-order valence-electron chi connectivity index (χ2n) is 7.76. The minimum absolute atomic E-state index is 0.00236. The molecule has 180 valence electrons. The van der Waals surface area contributed by atoms with Crippen LogP contribution in [0.15, 0.2) is 60.7 Å². The monoisotopic (exact) mass is 468 g/mol. The van der Waals surface area contributed by atoms with E-state index >= 15 is 0 Å². The first-order valence-electron chi connectivity index (χ1n) is 10.9. The zero-order valence-electron chi connectivity index (χ0n) is 18.7. The highest BCUT2D eigenvalue weighted by atomic mass is 16.4. The Morgan fingerprint density at radius 2 is 1.26 bits per heavy atom. The molecule has 0 spiro atoms. The van der Waals surface area contributed by atoms with Gasteiger partial charge in [0.1, 0.15) is 6.04 Å². The third-order valence-corrected chi connectivity index (χ3v) is 5.06.